The van der Waals surface area contributed by atoms with E-state index in [1.54, 1.807) is 14.0 Å². The molecule has 0 aromatic rings. The van der Waals surface area contributed by atoms with Crippen molar-refractivity contribution in [1.29, 1.82) is 0 Å². The van der Waals surface area contributed by atoms with Crippen LogP contribution in [0.1, 0.15) is 20.8 Å². The number of rotatable bonds is 5. The van der Waals surface area contributed by atoms with Crippen LogP contribution in [0.4, 0.5) is 0 Å². The summed E-state index contributed by atoms with van der Waals surface area (Å²) in [6.07, 6.45) is -0.102. The van der Waals surface area contributed by atoms with Crippen LogP contribution in [0, 0.1) is 0 Å². The summed E-state index contributed by atoms with van der Waals surface area (Å²) in [5, 5.41) is 12.3. The molecule has 0 fully saturated rings. The van der Waals surface area contributed by atoms with Gasteiger partial charge in [-0.3, -0.25) is 0 Å². The molecule has 0 spiro atoms. The molecule has 0 radical (unpaired) electrons. The van der Waals surface area contributed by atoms with Crippen molar-refractivity contribution >= 4 is 0 Å². The molecule has 0 bridgehead atoms. The number of hydrogen-bond acceptors (Lipinski definition) is 3. The lowest BCUT2D eigenvalue weighted by molar-refractivity contribution is 0.0999. The van der Waals surface area contributed by atoms with Crippen molar-refractivity contribution in [2.24, 2.45) is 0 Å². The number of methoxy groups -OCH3 is 1. The van der Waals surface area contributed by atoms with Crippen LogP contribution < -0.4 is 5.32 Å². The minimum atomic E-state index is -0.306. The Hall–Kier alpha value is -0.120. The summed E-state index contributed by atoms with van der Waals surface area (Å²) in [5.74, 6) is 0. The van der Waals surface area contributed by atoms with Crippen LogP contribution in [0.15, 0.2) is 0 Å². The van der Waals surface area contributed by atoms with Crippen molar-refractivity contribution in [2.45, 2.75) is 39.0 Å². The van der Waals surface area contributed by atoms with Gasteiger partial charge in [-0.1, -0.05) is 0 Å². The van der Waals surface area contributed by atoms with Crippen LogP contribution in [0.2, 0.25) is 0 Å². The van der Waals surface area contributed by atoms with E-state index in [1.807, 2.05) is 13.8 Å². The summed E-state index contributed by atoms with van der Waals surface area (Å²) in [5.41, 5.74) is 0. The number of nitrogens with one attached hydrogen (secondary N) is 1. The molecule has 0 heterocycles. The quantitative estimate of drug-likeness (QED) is 0.612. The molecule has 0 amide bonds. The molecule has 2 N–H and O–H groups in total. The summed E-state index contributed by atoms with van der Waals surface area (Å²) in [6.45, 7) is 6.49. The summed E-state index contributed by atoms with van der Waals surface area (Å²) in [6, 6.07) is 0.132. The van der Waals surface area contributed by atoms with Crippen molar-refractivity contribution in [3.8, 4) is 0 Å². The van der Waals surface area contributed by atoms with E-state index in [-0.39, 0.29) is 18.2 Å². The Labute approximate surface area is 68.8 Å². The Morgan fingerprint density at radius 3 is 2.27 bits per heavy atom. The summed E-state index contributed by atoms with van der Waals surface area (Å²) in [7, 11) is 1.68. The van der Waals surface area contributed by atoms with Gasteiger partial charge in [0.1, 0.15) is 0 Å². The highest BCUT2D eigenvalue weighted by molar-refractivity contribution is 4.67. The highest BCUT2D eigenvalue weighted by Gasteiger charge is 2.08. The molecule has 3 heteroatoms. The Balaban J connectivity index is 3.37. The van der Waals surface area contributed by atoms with Gasteiger partial charge in [0.2, 0.25) is 0 Å². The highest BCUT2D eigenvalue weighted by atomic mass is 16.5. The summed E-state index contributed by atoms with van der Waals surface area (Å²) in [4.78, 5) is 0. The van der Waals surface area contributed by atoms with E-state index >= 15 is 0 Å². The van der Waals surface area contributed by atoms with Gasteiger partial charge in [-0.15, -0.1) is 0 Å². The molecule has 0 aliphatic heterocycles. The second kappa shape index (κ2) is 5.52. The maximum Gasteiger partial charge on any atom is 0.0667 e. The minimum Gasteiger partial charge on any atom is -0.392 e. The molecule has 3 nitrogen and oxygen atoms in total. The Morgan fingerprint density at radius 2 is 1.91 bits per heavy atom. The van der Waals surface area contributed by atoms with Crippen molar-refractivity contribution in [1.82, 2.24) is 5.32 Å². The third kappa shape index (κ3) is 5.18. The number of aliphatic hydroxyl groups excluding tert-OH is 1. The van der Waals surface area contributed by atoms with E-state index in [0.717, 1.165) is 6.54 Å². The minimum absolute atomic E-state index is 0.132. The zero-order valence-corrected chi connectivity index (χ0v) is 7.79. The lowest BCUT2D eigenvalue weighted by Crippen LogP contribution is -2.39. The second-order valence-corrected chi connectivity index (χ2v) is 2.98. The zero-order valence-electron chi connectivity index (χ0n) is 7.79. The molecule has 11 heavy (non-hydrogen) atoms. The molecule has 0 aromatic heterocycles. The first-order valence-electron chi connectivity index (χ1n) is 4.02. The normalized spacial score (nSPS) is 19.4. The van der Waals surface area contributed by atoms with Gasteiger partial charge in [0.25, 0.3) is 0 Å². The molecule has 0 aliphatic carbocycles. The summed E-state index contributed by atoms with van der Waals surface area (Å²) >= 11 is 0. The predicted octanol–water partition coefficient (Wildman–Crippen LogP) is 0.380. The second-order valence-electron chi connectivity index (χ2n) is 2.98. The van der Waals surface area contributed by atoms with Crippen LogP contribution in [-0.2, 0) is 4.74 Å². The van der Waals surface area contributed by atoms with Gasteiger partial charge in [-0.2, -0.15) is 0 Å². The smallest absolute Gasteiger partial charge is 0.0667 e. The predicted molar refractivity (Wildman–Crippen MR) is 45.6 cm³/mol. The van der Waals surface area contributed by atoms with Gasteiger partial charge in [0, 0.05) is 19.7 Å². The van der Waals surface area contributed by atoms with E-state index in [9.17, 15) is 0 Å². The van der Waals surface area contributed by atoms with Crippen LogP contribution >= 0.6 is 0 Å². The van der Waals surface area contributed by atoms with Crippen LogP contribution in [0.5, 0.6) is 0 Å². The van der Waals surface area contributed by atoms with E-state index in [2.05, 4.69) is 5.32 Å². The van der Waals surface area contributed by atoms with Gasteiger partial charge in [0.15, 0.2) is 0 Å². The van der Waals surface area contributed by atoms with Gasteiger partial charge in [-0.25, -0.2) is 0 Å². The maximum atomic E-state index is 9.10. The third-order valence-electron chi connectivity index (χ3n) is 1.85. The SMILES string of the molecule is COC(C)CNC(C)C(C)O. The fraction of sp³-hybridized carbons (Fsp3) is 1.00. The van der Waals surface area contributed by atoms with E-state index in [4.69, 9.17) is 9.84 Å². The fourth-order valence-electron chi connectivity index (χ4n) is 0.606. The molecule has 68 valence electrons. The average Bonchev–Trinajstić information content (AvgIpc) is 1.99. The lowest BCUT2D eigenvalue weighted by Gasteiger charge is -2.18. The van der Waals surface area contributed by atoms with Crippen molar-refractivity contribution < 1.29 is 9.84 Å². The van der Waals surface area contributed by atoms with Crippen LogP contribution in [0.3, 0.4) is 0 Å². The summed E-state index contributed by atoms with van der Waals surface area (Å²) < 4.78 is 5.04. The van der Waals surface area contributed by atoms with E-state index in [1.165, 1.54) is 0 Å². The average molecular weight is 161 g/mol. The molecule has 0 saturated heterocycles. The van der Waals surface area contributed by atoms with E-state index in [0.29, 0.717) is 0 Å². The maximum absolute atomic E-state index is 9.10. The molecule has 3 atom stereocenters. The number of ether oxygens (including phenoxy) is 1. The fourth-order valence-corrected chi connectivity index (χ4v) is 0.606. The largest absolute Gasteiger partial charge is 0.392 e. The third-order valence-corrected chi connectivity index (χ3v) is 1.85. The van der Waals surface area contributed by atoms with Crippen molar-refractivity contribution in [3.05, 3.63) is 0 Å². The topological polar surface area (TPSA) is 41.5 Å². The first kappa shape index (κ1) is 10.9. The Bertz CT molecular complexity index is 96.1. The molecule has 0 saturated carbocycles. The molecule has 0 rings (SSSR count). The molecule has 0 aromatic carbocycles. The molecular weight excluding hydrogens is 142 g/mol. The number of aliphatic hydroxyl groups is 1. The molecular formula is C8H19NO2. The molecule has 0 aliphatic rings. The van der Waals surface area contributed by atoms with Gasteiger partial charge in [-0.05, 0) is 20.8 Å². The first-order valence-corrected chi connectivity index (χ1v) is 4.02. The monoisotopic (exact) mass is 161 g/mol. The van der Waals surface area contributed by atoms with Crippen LogP contribution in [-0.4, -0.2) is 37.0 Å². The zero-order chi connectivity index (χ0) is 8.85. The van der Waals surface area contributed by atoms with Crippen molar-refractivity contribution in [2.75, 3.05) is 13.7 Å². The van der Waals surface area contributed by atoms with Crippen LogP contribution in [0.25, 0.3) is 0 Å². The van der Waals surface area contributed by atoms with E-state index < -0.39 is 0 Å². The standard InChI is InChI=1S/C8H19NO2/c1-6(11-4)5-9-7(2)8(3)10/h6-10H,5H2,1-4H3. The van der Waals surface area contributed by atoms with Crippen molar-refractivity contribution in [3.63, 3.8) is 0 Å². The van der Waals surface area contributed by atoms with Gasteiger partial charge >= 0.3 is 0 Å². The molecule has 3 unspecified atom stereocenters. The van der Waals surface area contributed by atoms with Gasteiger partial charge < -0.3 is 15.2 Å². The number of hydrogen-bond donors (Lipinski definition) is 2. The lowest BCUT2D eigenvalue weighted by atomic mass is 10.2. The highest BCUT2D eigenvalue weighted by Crippen LogP contribution is 1.91. The first-order chi connectivity index (χ1) is 5.07. The Kier molecular flexibility index (Phi) is 5.46. The Morgan fingerprint density at radius 1 is 1.36 bits per heavy atom. The van der Waals surface area contributed by atoms with Gasteiger partial charge in [0.05, 0.1) is 12.2 Å².